The second-order valence-electron chi connectivity index (χ2n) is 10.2. The van der Waals surface area contributed by atoms with Crippen molar-refractivity contribution in [3.8, 4) is 0 Å². The predicted octanol–water partition coefficient (Wildman–Crippen LogP) is 8.68. The molecule has 0 aliphatic rings. The molecule has 1 unspecified atom stereocenters. The molecular weight excluding hydrogens is 530 g/mol. The molecule has 1 heterocycles. The third-order valence-electron chi connectivity index (χ3n) is 7.75. The van der Waals surface area contributed by atoms with Crippen LogP contribution in [-0.2, 0) is 19.4 Å². The number of hydrogen-bond acceptors (Lipinski definition) is 1. The first-order valence-corrected chi connectivity index (χ1v) is 14.9. The topological polar surface area (TPSA) is 17.8 Å². The molecule has 40 heavy (non-hydrogen) atoms. The van der Waals surface area contributed by atoms with Gasteiger partial charge in [-0.2, -0.15) is 0 Å². The quantitative estimate of drug-likeness (QED) is 0.139. The van der Waals surface area contributed by atoms with Crippen LogP contribution in [0.25, 0.3) is 0 Å². The number of nitrogens with zero attached hydrogens (tertiary/aromatic N) is 2. The van der Waals surface area contributed by atoms with Gasteiger partial charge in [0.05, 0.1) is 5.72 Å². The van der Waals surface area contributed by atoms with Gasteiger partial charge in [-0.3, -0.25) is 4.98 Å². The molecule has 0 bridgehead atoms. The fraction of sp³-hybridized carbons (Fsp3) is 0.229. The van der Waals surface area contributed by atoms with Gasteiger partial charge in [-0.05, 0) is 71.8 Å². The maximum absolute atomic E-state index is 6.74. The van der Waals surface area contributed by atoms with Crippen LogP contribution in [0.3, 0.4) is 0 Å². The summed E-state index contributed by atoms with van der Waals surface area (Å²) in [5, 5.41) is 1.44. The molecule has 0 amide bonds. The first kappa shape index (κ1) is 28.3. The van der Waals surface area contributed by atoms with Gasteiger partial charge in [-0.15, -0.1) is 0 Å². The van der Waals surface area contributed by atoms with Gasteiger partial charge in [-0.25, -0.2) is 0 Å². The van der Waals surface area contributed by atoms with Gasteiger partial charge in [0.2, 0.25) is 7.28 Å². The van der Waals surface area contributed by atoms with Crippen molar-refractivity contribution < 1.29 is 0 Å². The van der Waals surface area contributed by atoms with Crippen molar-refractivity contribution in [3.05, 3.63) is 153 Å². The molecule has 0 aliphatic carbocycles. The van der Waals surface area contributed by atoms with Gasteiger partial charge < -0.3 is 4.57 Å². The van der Waals surface area contributed by atoms with Crippen LogP contribution >= 0.6 is 23.2 Å². The second kappa shape index (κ2) is 13.9. The summed E-state index contributed by atoms with van der Waals surface area (Å²) in [4.78, 5) is 4.98. The number of imidazole rings is 1. The van der Waals surface area contributed by atoms with E-state index < -0.39 is 0 Å². The Morgan fingerprint density at radius 2 is 1.30 bits per heavy atom. The van der Waals surface area contributed by atoms with E-state index in [1.54, 1.807) is 0 Å². The number of rotatable bonds is 12. The third kappa shape index (κ3) is 6.89. The predicted molar refractivity (Wildman–Crippen MR) is 170 cm³/mol. The van der Waals surface area contributed by atoms with Gasteiger partial charge in [-0.1, -0.05) is 127 Å². The smallest absolute Gasteiger partial charge is 0.215 e. The van der Waals surface area contributed by atoms with E-state index in [0.29, 0.717) is 5.92 Å². The summed E-state index contributed by atoms with van der Waals surface area (Å²) in [6.07, 6.45) is 6.15. The highest BCUT2D eigenvalue weighted by molar-refractivity contribution is 6.55. The minimum atomic E-state index is -0.124. The molecule has 5 rings (SSSR count). The molecule has 0 saturated heterocycles. The lowest BCUT2D eigenvalue weighted by atomic mass is 9.58. The lowest BCUT2D eigenvalue weighted by molar-refractivity contribution is 0.580. The monoisotopic (exact) mass is 563 g/mol. The van der Waals surface area contributed by atoms with Crippen molar-refractivity contribution in [1.29, 1.82) is 0 Å². The lowest BCUT2D eigenvalue weighted by Crippen LogP contribution is -2.33. The van der Waals surface area contributed by atoms with Crippen LogP contribution in [0.2, 0.25) is 10.0 Å². The van der Waals surface area contributed by atoms with E-state index >= 15 is 0 Å². The molecule has 1 aromatic heterocycles. The first-order valence-electron chi connectivity index (χ1n) is 14.1. The maximum atomic E-state index is 6.74. The number of hydrogen-bond donors (Lipinski definition) is 0. The van der Waals surface area contributed by atoms with Crippen molar-refractivity contribution in [2.75, 3.05) is 0 Å². The van der Waals surface area contributed by atoms with Crippen LogP contribution in [0.5, 0.6) is 0 Å². The summed E-state index contributed by atoms with van der Waals surface area (Å²) in [7, 11) is 2.23. The Hall–Kier alpha value is -3.27. The minimum Gasteiger partial charge on any atom is -0.340 e. The maximum Gasteiger partial charge on any atom is 0.215 e. The van der Waals surface area contributed by atoms with Crippen molar-refractivity contribution in [1.82, 2.24) is 9.55 Å². The molecule has 0 fully saturated rings. The Morgan fingerprint density at radius 1 is 0.725 bits per heavy atom. The summed E-state index contributed by atoms with van der Waals surface area (Å²) >= 11 is 13.5. The molecule has 0 aliphatic heterocycles. The van der Waals surface area contributed by atoms with Crippen molar-refractivity contribution in [2.24, 2.45) is 0 Å². The Bertz CT molecular complexity index is 1460. The van der Waals surface area contributed by atoms with Gasteiger partial charge in [0.1, 0.15) is 0 Å². The van der Waals surface area contributed by atoms with Crippen molar-refractivity contribution in [3.63, 3.8) is 0 Å². The van der Waals surface area contributed by atoms with Crippen LogP contribution in [-0.4, -0.2) is 16.8 Å². The number of aryl methyl sites for hydroxylation is 2. The van der Waals surface area contributed by atoms with Crippen LogP contribution in [0.4, 0.5) is 0 Å². The zero-order valence-corrected chi connectivity index (χ0v) is 24.4. The summed E-state index contributed by atoms with van der Waals surface area (Å²) < 4.78 is 2.39. The van der Waals surface area contributed by atoms with Crippen LogP contribution in [0.1, 0.15) is 59.4 Å². The van der Waals surface area contributed by atoms with E-state index in [1.165, 1.54) is 16.8 Å². The Morgan fingerprint density at radius 3 is 1.90 bits per heavy atom. The summed E-state index contributed by atoms with van der Waals surface area (Å²) in [6, 6.07) is 37.5. The third-order valence-corrected chi connectivity index (χ3v) is 8.43. The van der Waals surface area contributed by atoms with Gasteiger partial charge in [0, 0.05) is 28.5 Å². The Labute approximate surface area is 249 Å². The fourth-order valence-corrected chi connectivity index (χ4v) is 6.01. The summed E-state index contributed by atoms with van der Waals surface area (Å²) in [5.41, 5.74) is 6.97. The molecule has 0 spiro atoms. The Balaban J connectivity index is 1.47. The van der Waals surface area contributed by atoms with Crippen molar-refractivity contribution >= 4 is 36.2 Å². The van der Waals surface area contributed by atoms with E-state index in [9.17, 15) is 0 Å². The summed E-state index contributed by atoms with van der Waals surface area (Å²) in [5.74, 6) is 0.394. The van der Waals surface area contributed by atoms with E-state index in [2.05, 4.69) is 97.8 Å². The highest BCUT2D eigenvalue weighted by Gasteiger charge is 2.25. The van der Waals surface area contributed by atoms with Crippen LogP contribution in [0, 0.1) is 0 Å². The molecule has 201 valence electrons. The van der Waals surface area contributed by atoms with Gasteiger partial charge in [0.15, 0.2) is 0 Å². The normalized spacial score (nSPS) is 12.0. The fourth-order valence-electron chi connectivity index (χ4n) is 5.51. The molecule has 1 radical (unpaired) electrons. The number of benzene rings is 4. The standard InChI is InChI=1S/C35H34BCl2N2/c1-2-27(28-15-7-4-8-16-28)21-22-29-25-39-35(40(29)24-23-26-13-5-3-6-14-26)36-34(30-17-9-11-19-32(30)37)31-18-10-12-20-33(31)38/h3-20,25,27,34H,2,21-24H2,1H3. The number of halogens is 2. The lowest BCUT2D eigenvalue weighted by Gasteiger charge is -2.21. The first-order chi connectivity index (χ1) is 19.6. The van der Waals surface area contributed by atoms with E-state index in [1.807, 2.05) is 36.4 Å². The molecular formula is C35H34BCl2N2. The highest BCUT2D eigenvalue weighted by atomic mass is 35.5. The molecule has 2 nitrogen and oxygen atoms in total. The van der Waals surface area contributed by atoms with Crippen LogP contribution < -0.4 is 5.72 Å². The average molecular weight is 564 g/mol. The van der Waals surface area contributed by atoms with Crippen LogP contribution in [0.15, 0.2) is 115 Å². The SMILES string of the molecule is CCC(CCc1cnc([B]C(c2ccccc2Cl)c2ccccc2Cl)n1CCc1ccccc1)c1ccccc1. The zero-order valence-electron chi connectivity index (χ0n) is 22.9. The zero-order chi connectivity index (χ0) is 27.7. The molecule has 0 N–H and O–H groups in total. The van der Waals surface area contributed by atoms with E-state index in [0.717, 1.165) is 59.1 Å². The van der Waals surface area contributed by atoms with Gasteiger partial charge in [0.25, 0.3) is 0 Å². The van der Waals surface area contributed by atoms with E-state index in [4.69, 9.17) is 28.2 Å². The van der Waals surface area contributed by atoms with E-state index in [-0.39, 0.29) is 5.82 Å². The molecule has 0 saturated carbocycles. The van der Waals surface area contributed by atoms with Crippen molar-refractivity contribution in [2.45, 2.75) is 50.9 Å². The van der Waals surface area contributed by atoms with Gasteiger partial charge >= 0.3 is 0 Å². The highest BCUT2D eigenvalue weighted by Crippen LogP contribution is 2.33. The largest absolute Gasteiger partial charge is 0.340 e. The molecule has 5 heteroatoms. The molecule has 1 atom stereocenters. The molecule has 4 aromatic carbocycles. The average Bonchev–Trinajstić information content (AvgIpc) is 3.38. The minimum absolute atomic E-state index is 0.124. The second-order valence-corrected chi connectivity index (χ2v) is 11.1. The number of aromatic nitrogens is 2. The summed E-state index contributed by atoms with van der Waals surface area (Å²) in [6.45, 7) is 3.13. The Kier molecular flexibility index (Phi) is 9.81. The molecule has 5 aromatic rings.